The average molecular weight is 331 g/mol. The molecule has 1 aromatic carbocycles. The summed E-state index contributed by atoms with van der Waals surface area (Å²) in [4.78, 5) is 27.8. The number of carbonyl (C=O) groups is 2. The first-order valence-electron chi connectivity index (χ1n) is 7.33. The molecule has 0 bridgehead atoms. The molecule has 6 nitrogen and oxygen atoms in total. The summed E-state index contributed by atoms with van der Waals surface area (Å²) in [5, 5.41) is 8.01. The Morgan fingerprint density at radius 2 is 2.17 bits per heavy atom. The molecule has 0 aliphatic carbocycles. The van der Waals surface area contributed by atoms with Gasteiger partial charge in [0.1, 0.15) is 5.75 Å². The lowest BCUT2D eigenvalue weighted by Crippen LogP contribution is -2.40. The van der Waals surface area contributed by atoms with E-state index < -0.39 is 0 Å². The van der Waals surface area contributed by atoms with E-state index in [1.54, 1.807) is 7.11 Å². The van der Waals surface area contributed by atoms with Crippen LogP contribution in [0.2, 0.25) is 0 Å². The number of carbonyl (C=O) groups excluding carboxylic acids is 2. The first-order valence-corrected chi connectivity index (χ1v) is 8.21. The van der Waals surface area contributed by atoms with Crippen LogP contribution in [-0.4, -0.2) is 30.5 Å². The van der Waals surface area contributed by atoms with E-state index in [4.69, 9.17) is 4.74 Å². The van der Waals surface area contributed by atoms with Crippen LogP contribution in [0, 0.1) is 5.92 Å². The van der Waals surface area contributed by atoms with Crippen molar-refractivity contribution in [3.8, 4) is 17.0 Å². The van der Waals surface area contributed by atoms with E-state index in [1.165, 1.54) is 11.3 Å². The van der Waals surface area contributed by atoms with Crippen LogP contribution in [-0.2, 0) is 9.59 Å². The maximum atomic E-state index is 12.2. The fraction of sp³-hybridized carbons (Fsp3) is 0.312. The van der Waals surface area contributed by atoms with Gasteiger partial charge in [0.2, 0.25) is 11.8 Å². The number of anilines is 1. The van der Waals surface area contributed by atoms with E-state index in [-0.39, 0.29) is 17.7 Å². The fourth-order valence-electron chi connectivity index (χ4n) is 2.39. The van der Waals surface area contributed by atoms with E-state index in [0.29, 0.717) is 24.5 Å². The Labute approximate surface area is 137 Å². The lowest BCUT2D eigenvalue weighted by Gasteiger charge is -2.20. The van der Waals surface area contributed by atoms with Gasteiger partial charge >= 0.3 is 0 Å². The van der Waals surface area contributed by atoms with Crippen molar-refractivity contribution in [2.75, 3.05) is 19.0 Å². The van der Waals surface area contributed by atoms with Crippen molar-refractivity contribution >= 4 is 28.3 Å². The summed E-state index contributed by atoms with van der Waals surface area (Å²) in [5.74, 6) is 0.503. The SMILES string of the molecule is COc1ccc(-c2csc(NC(=O)[C@@H]3CCC(=O)NC3)n2)cc1. The van der Waals surface area contributed by atoms with Gasteiger partial charge in [-0.15, -0.1) is 11.3 Å². The third kappa shape index (κ3) is 3.68. The molecule has 120 valence electrons. The van der Waals surface area contributed by atoms with Crippen LogP contribution >= 0.6 is 11.3 Å². The largest absolute Gasteiger partial charge is 0.497 e. The molecule has 1 aliphatic heterocycles. The summed E-state index contributed by atoms with van der Waals surface area (Å²) < 4.78 is 5.13. The third-order valence-corrected chi connectivity index (χ3v) is 4.51. The Hall–Kier alpha value is -2.41. The van der Waals surface area contributed by atoms with Gasteiger partial charge in [0.25, 0.3) is 0 Å². The molecule has 1 fully saturated rings. The van der Waals surface area contributed by atoms with Crippen molar-refractivity contribution < 1.29 is 14.3 Å². The van der Waals surface area contributed by atoms with Gasteiger partial charge in [0.15, 0.2) is 5.13 Å². The van der Waals surface area contributed by atoms with Gasteiger partial charge < -0.3 is 15.4 Å². The van der Waals surface area contributed by atoms with Gasteiger partial charge in [0, 0.05) is 23.9 Å². The Morgan fingerprint density at radius 1 is 1.39 bits per heavy atom. The van der Waals surface area contributed by atoms with E-state index in [2.05, 4.69) is 15.6 Å². The molecule has 2 N–H and O–H groups in total. The average Bonchev–Trinajstić information content (AvgIpc) is 3.04. The number of aromatic nitrogens is 1. The van der Waals surface area contributed by atoms with Crippen LogP contribution in [0.1, 0.15) is 12.8 Å². The molecule has 0 spiro atoms. The number of rotatable bonds is 4. The predicted octanol–water partition coefficient (Wildman–Crippen LogP) is 2.28. The molecule has 1 atom stereocenters. The first kappa shape index (κ1) is 15.5. The van der Waals surface area contributed by atoms with Crippen molar-refractivity contribution in [2.45, 2.75) is 12.8 Å². The van der Waals surface area contributed by atoms with E-state index in [0.717, 1.165) is 17.0 Å². The molecule has 3 rings (SSSR count). The molecule has 23 heavy (non-hydrogen) atoms. The number of ether oxygens (including phenoxy) is 1. The van der Waals surface area contributed by atoms with E-state index in [9.17, 15) is 9.59 Å². The summed E-state index contributed by atoms with van der Waals surface area (Å²) in [6, 6.07) is 7.60. The molecule has 0 radical (unpaired) electrons. The van der Waals surface area contributed by atoms with Crippen LogP contribution < -0.4 is 15.4 Å². The predicted molar refractivity (Wildman–Crippen MR) is 88.5 cm³/mol. The van der Waals surface area contributed by atoms with Crippen LogP contribution in [0.3, 0.4) is 0 Å². The van der Waals surface area contributed by atoms with Crippen molar-refractivity contribution in [2.24, 2.45) is 5.92 Å². The molecule has 0 saturated carbocycles. The summed E-state index contributed by atoms with van der Waals surface area (Å²) >= 11 is 1.39. The number of piperidine rings is 1. The van der Waals surface area contributed by atoms with Gasteiger partial charge in [-0.05, 0) is 30.7 Å². The molecule has 7 heteroatoms. The zero-order valence-corrected chi connectivity index (χ0v) is 13.5. The highest BCUT2D eigenvalue weighted by atomic mass is 32.1. The lowest BCUT2D eigenvalue weighted by molar-refractivity contribution is -0.126. The first-order chi connectivity index (χ1) is 11.2. The number of nitrogens with zero attached hydrogens (tertiary/aromatic N) is 1. The molecule has 1 saturated heterocycles. The third-order valence-electron chi connectivity index (χ3n) is 3.76. The van der Waals surface area contributed by atoms with E-state index in [1.807, 2.05) is 29.6 Å². The number of hydrogen-bond donors (Lipinski definition) is 2. The highest BCUT2D eigenvalue weighted by Crippen LogP contribution is 2.27. The molecule has 1 aliphatic rings. The maximum Gasteiger partial charge on any atom is 0.231 e. The molecular weight excluding hydrogens is 314 g/mol. The topological polar surface area (TPSA) is 80.3 Å². The summed E-state index contributed by atoms with van der Waals surface area (Å²) in [5.41, 5.74) is 1.78. The van der Waals surface area contributed by atoms with Gasteiger partial charge in [-0.3, -0.25) is 9.59 Å². The van der Waals surface area contributed by atoms with Gasteiger partial charge in [-0.25, -0.2) is 4.98 Å². The summed E-state index contributed by atoms with van der Waals surface area (Å²) in [7, 11) is 1.62. The minimum absolute atomic E-state index is 0.00471. The van der Waals surface area contributed by atoms with Crippen LogP contribution in [0.4, 0.5) is 5.13 Å². The second kappa shape index (κ2) is 6.78. The minimum Gasteiger partial charge on any atom is -0.497 e. The number of hydrogen-bond acceptors (Lipinski definition) is 5. The molecular formula is C16H17N3O3S. The standard InChI is InChI=1S/C16H17N3O3S/c1-22-12-5-2-10(3-6-12)13-9-23-16(18-13)19-15(21)11-4-7-14(20)17-8-11/h2-3,5-6,9,11H,4,7-8H2,1H3,(H,17,20)(H,18,19,21)/t11-/m1/s1. The zero-order valence-electron chi connectivity index (χ0n) is 12.7. The number of amides is 2. The fourth-order valence-corrected chi connectivity index (χ4v) is 3.11. The Kier molecular flexibility index (Phi) is 4.57. The highest BCUT2D eigenvalue weighted by Gasteiger charge is 2.25. The molecule has 2 aromatic rings. The summed E-state index contributed by atoms with van der Waals surface area (Å²) in [6.07, 6.45) is 0.974. The summed E-state index contributed by atoms with van der Waals surface area (Å²) in [6.45, 7) is 0.390. The Balaban J connectivity index is 1.64. The minimum atomic E-state index is -0.193. The number of nitrogens with one attached hydrogen (secondary N) is 2. The van der Waals surface area contributed by atoms with Gasteiger partial charge in [-0.1, -0.05) is 0 Å². The number of benzene rings is 1. The molecule has 2 heterocycles. The zero-order chi connectivity index (χ0) is 16.2. The van der Waals surface area contributed by atoms with Crippen LogP contribution in [0.5, 0.6) is 5.75 Å². The Morgan fingerprint density at radius 3 is 2.83 bits per heavy atom. The molecule has 2 amide bonds. The maximum absolute atomic E-state index is 12.2. The van der Waals surface area contributed by atoms with Gasteiger partial charge in [-0.2, -0.15) is 0 Å². The van der Waals surface area contributed by atoms with Crippen molar-refractivity contribution in [3.63, 3.8) is 0 Å². The molecule has 0 unspecified atom stereocenters. The van der Waals surface area contributed by atoms with E-state index >= 15 is 0 Å². The quantitative estimate of drug-likeness (QED) is 0.901. The van der Waals surface area contributed by atoms with Crippen molar-refractivity contribution in [1.82, 2.24) is 10.3 Å². The lowest BCUT2D eigenvalue weighted by atomic mass is 9.98. The van der Waals surface area contributed by atoms with Crippen LogP contribution in [0.15, 0.2) is 29.6 Å². The number of thiazole rings is 1. The highest BCUT2D eigenvalue weighted by molar-refractivity contribution is 7.14. The van der Waals surface area contributed by atoms with Crippen molar-refractivity contribution in [3.05, 3.63) is 29.6 Å². The Bertz CT molecular complexity index is 702. The normalized spacial score (nSPS) is 17.4. The monoisotopic (exact) mass is 331 g/mol. The smallest absolute Gasteiger partial charge is 0.231 e. The second-order valence-corrected chi connectivity index (χ2v) is 6.15. The second-order valence-electron chi connectivity index (χ2n) is 5.30. The van der Waals surface area contributed by atoms with Crippen LogP contribution in [0.25, 0.3) is 11.3 Å². The van der Waals surface area contributed by atoms with Crippen molar-refractivity contribution in [1.29, 1.82) is 0 Å². The molecule has 1 aromatic heterocycles. The van der Waals surface area contributed by atoms with Gasteiger partial charge in [0.05, 0.1) is 18.7 Å². The number of methoxy groups -OCH3 is 1.